The number of hydrogen-bond donors (Lipinski definition) is 1. The molecule has 0 spiro atoms. The van der Waals surface area contributed by atoms with Crippen molar-refractivity contribution in [3.05, 3.63) is 34.3 Å². The van der Waals surface area contributed by atoms with Crippen LogP contribution in [0.25, 0.3) is 0 Å². The molecule has 0 bridgehead atoms. The van der Waals surface area contributed by atoms with Crippen LogP contribution in [0, 0.1) is 17.2 Å². The number of nitrogens with zero attached hydrogens (tertiary/aromatic N) is 1. The summed E-state index contributed by atoms with van der Waals surface area (Å²) in [6.07, 6.45) is 0.602. The molecule has 76 valence electrons. The highest BCUT2D eigenvalue weighted by molar-refractivity contribution is 6.30. The van der Waals surface area contributed by atoms with Gasteiger partial charge in [0, 0.05) is 5.02 Å². The van der Waals surface area contributed by atoms with Crippen molar-refractivity contribution in [2.75, 3.05) is 0 Å². The van der Waals surface area contributed by atoms with Crippen molar-refractivity contribution in [1.82, 2.24) is 0 Å². The molecule has 0 aliphatic heterocycles. The topological polar surface area (TPSA) is 61.1 Å². The molecule has 1 aliphatic rings. The van der Waals surface area contributed by atoms with Crippen LogP contribution in [0.5, 0.6) is 0 Å². The number of halogens is 1. The van der Waals surface area contributed by atoms with E-state index in [0.29, 0.717) is 17.0 Å². The molecule has 0 heterocycles. The molecule has 3 nitrogen and oxygen atoms in total. The SMILES string of the molecule is N#Cc1ccc(Cl)cc1[C@H]1C[C@@H]1C(=O)O. The van der Waals surface area contributed by atoms with Crippen LogP contribution in [0.2, 0.25) is 5.02 Å². The van der Waals surface area contributed by atoms with Gasteiger partial charge in [-0.15, -0.1) is 0 Å². The maximum Gasteiger partial charge on any atom is 0.307 e. The summed E-state index contributed by atoms with van der Waals surface area (Å²) < 4.78 is 0. The van der Waals surface area contributed by atoms with Crippen LogP contribution in [0.1, 0.15) is 23.5 Å². The molecule has 15 heavy (non-hydrogen) atoms. The Bertz CT molecular complexity index is 464. The molecule has 1 N–H and O–H groups in total. The summed E-state index contributed by atoms with van der Waals surface area (Å²) in [4.78, 5) is 10.7. The third-order valence-corrected chi connectivity index (χ3v) is 2.88. The van der Waals surface area contributed by atoms with Crippen LogP contribution in [-0.4, -0.2) is 11.1 Å². The summed E-state index contributed by atoms with van der Waals surface area (Å²) in [6, 6.07) is 7.01. The van der Waals surface area contributed by atoms with E-state index in [9.17, 15) is 4.79 Å². The lowest BCUT2D eigenvalue weighted by molar-refractivity contribution is -0.138. The van der Waals surface area contributed by atoms with Gasteiger partial charge in [0.25, 0.3) is 0 Å². The minimum absolute atomic E-state index is 0.0455. The summed E-state index contributed by atoms with van der Waals surface area (Å²) in [7, 11) is 0. The van der Waals surface area contributed by atoms with Gasteiger partial charge in [0.2, 0.25) is 0 Å². The predicted molar refractivity (Wildman–Crippen MR) is 54.7 cm³/mol. The van der Waals surface area contributed by atoms with Crippen LogP contribution < -0.4 is 0 Å². The highest BCUT2D eigenvalue weighted by atomic mass is 35.5. The number of carboxylic acids is 1. The van der Waals surface area contributed by atoms with E-state index in [1.165, 1.54) is 0 Å². The fourth-order valence-corrected chi connectivity index (χ4v) is 1.93. The zero-order chi connectivity index (χ0) is 11.0. The van der Waals surface area contributed by atoms with Gasteiger partial charge in [-0.3, -0.25) is 4.79 Å². The molecule has 0 saturated heterocycles. The minimum Gasteiger partial charge on any atom is -0.481 e. The first-order valence-corrected chi connectivity index (χ1v) is 4.93. The molecule has 2 rings (SSSR count). The van der Waals surface area contributed by atoms with Crippen molar-refractivity contribution in [2.45, 2.75) is 12.3 Å². The van der Waals surface area contributed by atoms with E-state index in [4.69, 9.17) is 22.0 Å². The molecule has 0 aromatic heterocycles. The summed E-state index contributed by atoms with van der Waals surface area (Å²) in [5, 5.41) is 18.2. The number of nitriles is 1. The van der Waals surface area contributed by atoms with Crippen LogP contribution in [0.4, 0.5) is 0 Å². The fourth-order valence-electron chi connectivity index (χ4n) is 1.75. The van der Waals surface area contributed by atoms with Crippen molar-refractivity contribution < 1.29 is 9.90 Å². The lowest BCUT2D eigenvalue weighted by Crippen LogP contribution is -2.00. The number of benzene rings is 1. The van der Waals surface area contributed by atoms with E-state index in [2.05, 4.69) is 6.07 Å². The molecule has 4 heteroatoms. The van der Waals surface area contributed by atoms with Gasteiger partial charge in [0.1, 0.15) is 0 Å². The van der Waals surface area contributed by atoms with E-state index < -0.39 is 5.97 Å². The Morgan fingerprint density at radius 1 is 1.60 bits per heavy atom. The average Bonchev–Trinajstić information content (AvgIpc) is 2.97. The zero-order valence-corrected chi connectivity index (χ0v) is 8.53. The van der Waals surface area contributed by atoms with Gasteiger partial charge < -0.3 is 5.11 Å². The monoisotopic (exact) mass is 221 g/mol. The highest BCUT2D eigenvalue weighted by Gasteiger charge is 2.45. The molecule has 1 saturated carbocycles. The van der Waals surface area contributed by atoms with Crippen molar-refractivity contribution >= 4 is 17.6 Å². The summed E-state index contributed by atoms with van der Waals surface area (Å²) >= 11 is 5.82. The van der Waals surface area contributed by atoms with Gasteiger partial charge in [0.15, 0.2) is 0 Å². The summed E-state index contributed by atoms with van der Waals surface area (Å²) in [5.41, 5.74) is 1.28. The molecule has 1 fully saturated rings. The number of carbonyl (C=O) groups is 1. The van der Waals surface area contributed by atoms with E-state index in [-0.39, 0.29) is 11.8 Å². The molecule has 0 radical (unpaired) electrons. The molecular weight excluding hydrogens is 214 g/mol. The summed E-state index contributed by atoms with van der Waals surface area (Å²) in [5.74, 6) is -1.20. The van der Waals surface area contributed by atoms with Crippen molar-refractivity contribution in [1.29, 1.82) is 5.26 Å². The predicted octanol–water partition coefficient (Wildman–Crippen LogP) is 2.40. The minimum atomic E-state index is -0.802. The number of aliphatic carboxylic acids is 1. The molecule has 2 atom stereocenters. The highest BCUT2D eigenvalue weighted by Crippen LogP contribution is 2.49. The maximum absolute atomic E-state index is 10.7. The Kier molecular flexibility index (Phi) is 2.37. The van der Waals surface area contributed by atoms with E-state index in [1.54, 1.807) is 18.2 Å². The van der Waals surface area contributed by atoms with E-state index >= 15 is 0 Å². The second-order valence-electron chi connectivity index (χ2n) is 3.63. The Morgan fingerprint density at radius 3 is 2.87 bits per heavy atom. The first-order valence-electron chi connectivity index (χ1n) is 4.56. The van der Waals surface area contributed by atoms with Crippen LogP contribution in [0.3, 0.4) is 0 Å². The molecule has 0 unspecified atom stereocenters. The van der Waals surface area contributed by atoms with Gasteiger partial charge in [-0.1, -0.05) is 11.6 Å². The van der Waals surface area contributed by atoms with Crippen molar-refractivity contribution in [3.8, 4) is 6.07 Å². The van der Waals surface area contributed by atoms with Gasteiger partial charge in [-0.25, -0.2) is 0 Å². The Morgan fingerprint density at radius 2 is 2.33 bits per heavy atom. The van der Waals surface area contributed by atoms with E-state index in [0.717, 1.165) is 5.56 Å². The molecule has 1 aliphatic carbocycles. The third-order valence-electron chi connectivity index (χ3n) is 2.64. The number of hydrogen-bond acceptors (Lipinski definition) is 2. The Hall–Kier alpha value is -1.53. The molecular formula is C11H8ClNO2. The molecule has 1 aromatic rings. The van der Waals surface area contributed by atoms with Gasteiger partial charge >= 0.3 is 5.97 Å². The third kappa shape index (κ3) is 1.81. The first-order chi connectivity index (χ1) is 7.13. The van der Waals surface area contributed by atoms with Crippen molar-refractivity contribution in [2.24, 2.45) is 5.92 Å². The molecule has 1 aromatic carbocycles. The lowest BCUT2D eigenvalue weighted by Gasteiger charge is -2.02. The standard InChI is InChI=1S/C11H8ClNO2/c12-7-2-1-6(5-13)8(3-7)9-4-10(9)11(14)15/h1-3,9-10H,4H2,(H,14,15)/t9-,10+/m1/s1. The quantitative estimate of drug-likeness (QED) is 0.834. The summed E-state index contributed by atoms with van der Waals surface area (Å²) in [6.45, 7) is 0. The lowest BCUT2D eigenvalue weighted by atomic mass is 10.0. The zero-order valence-electron chi connectivity index (χ0n) is 7.77. The van der Waals surface area contributed by atoms with Crippen LogP contribution >= 0.6 is 11.6 Å². The largest absolute Gasteiger partial charge is 0.481 e. The normalized spacial score (nSPS) is 23.2. The van der Waals surface area contributed by atoms with Crippen molar-refractivity contribution in [3.63, 3.8) is 0 Å². The van der Waals surface area contributed by atoms with Gasteiger partial charge in [0.05, 0.1) is 17.6 Å². The van der Waals surface area contributed by atoms with Crippen LogP contribution in [0.15, 0.2) is 18.2 Å². The van der Waals surface area contributed by atoms with E-state index in [1.807, 2.05) is 0 Å². The van der Waals surface area contributed by atoms with Crippen LogP contribution in [-0.2, 0) is 4.79 Å². The smallest absolute Gasteiger partial charge is 0.307 e. The maximum atomic E-state index is 10.7. The Labute approximate surface area is 91.9 Å². The number of rotatable bonds is 2. The average molecular weight is 222 g/mol. The van der Waals surface area contributed by atoms with Gasteiger partial charge in [-0.2, -0.15) is 5.26 Å². The second kappa shape index (κ2) is 3.56. The molecule has 0 amide bonds. The Balaban J connectivity index is 2.33. The number of carboxylic acid groups (broad SMARTS) is 1. The van der Waals surface area contributed by atoms with Gasteiger partial charge in [-0.05, 0) is 36.1 Å². The fraction of sp³-hybridized carbons (Fsp3) is 0.273. The second-order valence-corrected chi connectivity index (χ2v) is 4.07. The first kappa shape index (κ1) is 10.0.